The van der Waals surface area contributed by atoms with Crippen LogP contribution in [0.2, 0.25) is 0 Å². The molecule has 0 aliphatic rings. The summed E-state index contributed by atoms with van der Waals surface area (Å²) in [6.07, 6.45) is 0.832. The standard InChI is InChI=1S/C12H17NO3S/c1-4-5-12(14)13-17(15,16)11-8-9(2)6-7-10(11)3/h6-8H,4-5H2,1-3H3,(H,13,14). The lowest BCUT2D eigenvalue weighted by Gasteiger charge is -2.09. The normalized spacial score (nSPS) is 11.2. The average Bonchev–Trinajstić information content (AvgIpc) is 2.21. The fourth-order valence-electron chi connectivity index (χ4n) is 1.48. The van der Waals surface area contributed by atoms with E-state index in [1.807, 2.05) is 19.9 Å². The Morgan fingerprint density at radius 2 is 1.94 bits per heavy atom. The van der Waals surface area contributed by atoms with Gasteiger partial charge in [0.15, 0.2) is 0 Å². The molecule has 0 aromatic heterocycles. The lowest BCUT2D eigenvalue weighted by Crippen LogP contribution is -2.30. The van der Waals surface area contributed by atoms with Crippen LogP contribution in [0.3, 0.4) is 0 Å². The van der Waals surface area contributed by atoms with Crippen LogP contribution in [0.5, 0.6) is 0 Å². The molecule has 1 amide bonds. The molecule has 94 valence electrons. The first-order valence-corrected chi connectivity index (χ1v) is 6.98. The molecular formula is C12H17NO3S. The Morgan fingerprint density at radius 3 is 2.53 bits per heavy atom. The van der Waals surface area contributed by atoms with Crippen LogP contribution in [0.15, 0.2) is 23.1 Å². The lowest BCUT2D eigenvalue weighted by atomic mass is 10.2. The third-order valence-electron chi connectivity index (χ3n) is 2.36. The van der Waals surface area contributed by atoms with E-state index >= 15 is 0 Å². The first kappa shape index (κ1) is 13.7. The SMILES string of the molecule is CCCC(=O)NS(=O)(=O)c1cc(C)ccc1C. The monoisotopic (exact) mass is 255 g/mol. The number of amides is 1. The molecule has 1 N–H and O–H groups in total. The Kier molecular flexibility index (Phi) is 4.28. The largest absolute Gasteiger partial charge is 0.274 e. The molecule has 1 aromatic rings. The van der Waals surface area contributed by atoms with Crippen LogP contribution in [-0.4, -0.2) is 14.3 Å². The first-order valence-electron chi connectivity index (χ1n) is 5.49. The maximum atomic E-state index is 12.0. The van der Waals surface area contributed by atoms with Crippen molar-refractivity contribution in [2.45, 2.75) is 38.5 Å². The molecule has 0 bridgehead atoms. The van der Waals surface area contributed by atoms with Crippen molar-refractivity contribution in [2.24, 2.45) is 0 Å². The third-order valence-corrected chi connectivity index (χ3v) is 3.87. The van der Waals surface area contributed by atoms with E-state index in [4.69, 9.17) is 0 Å². The molecule has 0 unspecified atom stereocenters. The quantitative estimate of drug-likeness (QED) is 0.893. The van der Waals surface area contributed by atoms with Crippen LogP contribution in [0.1, 0.15) is 30.9 Å². The Hall–Kier alpha value is -1.36. The number of carbonyl (C=O) groups excluding carboxylic acids is 1. The van der Waals surface area contributed by atoms with Gasteiger partial charge in [-0.05, 0) is 37.5 Å². The molecule has 0 aliphatic heterocycles. The van der Waals surface area contributed by atoms with Gasteiger partial charge in [-0.1, -0.05) is 19.1 Å². The number of rotatable bonds is 4. The van der Waals surface area contributed by atoms with Crippen molar-refractivity contribution in [3.63, 3.8) is 0 Å². The molecule has 0 spiro atoms. The van der Waals surface area contributed by atoms with Crippen LogP contribution in [0.25, 0.3) is 0 Å². The van der Waals surface area contributed by atoms with Gasteiger partial charge >= 0.3 is 0 Å². The van der Waals surface area contributed by atoms with E-state index in [0.717, 1.165) is 5.56 Å². The maximum Gasteiger partial charge on any atom is 0.264 e. The Bertz CT molecular complexity index is 521. The molecule has 0 atom stereocenters. The molecule has 17 heavy (non-hydrogen) atoms. The summed E-state index contributed by atoms with van der Waals surface area (Å²) in [4.78, 5) is 11.5. The molecule has 1 aromatic carbocycles. The van der Waals surface area contributed by atoms with Crippen molar-refractivity contribution in [1.82, 2.24) is 4.72 Å². The maximum absolute atomic E-state index is 12.0. The highest BCUT2D eigenvalue weighted by molar-refractivity contribution is 7.90. The molecule has 1 rings (SSSR count). The first-order chi connectivity index (χ1) is 7.86. The predicted octanol–water partition coefficient (Wildman–Crippen LogP) is 1.91. The summed E-state index contributed by atoms with van der Waals surface area (Å²) in [7, 11) is -3.73. The molecule has 5 heteroatoms. The lowest BCUT2D eigenvalue weighted by molar-refractivity contribution is -0.119. The summed E-state index contributed by atoms with van der Waals surface area (Å²) in [6, 6.07) is 5.13. The summed E-state index contributed by atoms with van der Waals surface area (Å²) < 4.78 is 26.0. The molecule has 0 heterocycles. The number of sulfonamides is 1. The third kappa shape index (κ3) is 3.56. The van der Waals surface area contributed by atoms with E-state index in [1.165, 1.54) is 0 Å². The Balaban J connectivity index is 3.05. The number of benzene rings is 1. The molecule has 0 aliphatic carbocycles. The number of nitrogens with one attached hydrogen (secondary N) is 1. The van der Waals surface area contributed by atoms with Gasteiger partial charge in [-0.3, -0.25) is 4.79 Å². The molecule has 0 radical (unpaired) electrons. The van der Waals surface area contributed by atoms with Gasteiger partial charge in [0, 0.05) is 6.42 Å². The highest BCUT2D eigenvalue weighted by atomic mass is 32.2. The highest BCUT2D eigenvalue weighted by Gasteiger charge is 2.19. The van der Waals surface area contributed by atoms with Crippen molar-refractivity contribution in [1.29, 1.82) is 0 Å². The van der Waals surface area contributed by atoms with Crippen molar-refractivity contribution in [2.75, 3.05) is 0 Å². The number of hydrogen-bond acceptors (Lipinski definition) is 3. The summed E-state index contributed by atoms with van der Waals surface area (Å²) in [6.45, 7) is 5.34. The Morgan fingerprint density at radius 1 is 1.29 bits per heavy atom. The fourth-order valence-corrected chi connectivity index (χ4v) is 2.82. The fraction of sp³-hybridized carbons (Fsp3) is 0.417. The van der Waals surface area contributed by atoms with Crippen LogP contribution in [-0.2, 0) is 14.8 Å². The van der Waals surface area contributed by atoms with Crippen molar-refractivity contribution >= 4 is 15.9 Å². The molecule has 0 fully saturated rings. The number of hydrogen-bond donors (Lipinski definition) is 1. The predicted molar refractivity (Wildman–Crippen MR) is 66.2 cm³/mol. The second kappa shape index (κ2) is 5.31. The van der Waals surface area contributed by atoms with E-state index in [0.29, 0.717) is 12.0 Å². The van der Waals surface area contributed by atoms with Crippen molar-refractivity contribution in [3.8, 4) is 0 Å². The summed E-state index contributed by atoms with van der Waals surface area (Å²) in [5.41, 5.74) is 1.48. The van der Waals surface area contributed by atoms with Gasteiger partial charge in [-0.15, -0.1) is 0 Å². The van der Waals surface area contributed by atoms with Gasteiger partial charge in [0.2, 0.25) is 5.91 Å². The zero-order chi connectivity index (χ0) is 13.1. The second-order valence-corrected chi connectivity index (χ2v) is 5.70. The van der Waals surface area contributed by atoms with Gasteiger partial charge in [-0.2, -0.15) is 0 Å². The van der Waals surface area contributed by atoms with Gasteiger partial charge in [0.25, 0.3) is 10.0 Å². The highest BCUT2D eigenvalue weighted by Crippen LogP contribution is 2.16. The van der Waals surface area contributed by atoms with Gasteiger partial charge < -0.3 is 0 Å². The Labute approximate surface area is 102 Å². The average molecular weight is 255 g/mol. The van der Waals surface area contributed by atoms with E-state index in [9.17, 15) is 13.2 Å². The molecule has 4 nitrogen and oxygen atoms in total. The van der Waals surface area contributed by atoms with Crippen LogP contribution < -0.4 is 4.72 Å². The summed E-state index contributed by atoms with van der Waals surface area (Å²) in [5, 5.41) is 0. The van der Waals surface area contributed by atoms with Gasteiger partial charge in [0.05, 0.1) is 4.90 Å². The number of aryl methyl sites for hydroxylation is 2. The van der Waals surface area contributed by atoms with Crippen LogP contribution in [0.4, 0.5) is 0 Å². The minimum atomic E-state index is -3.73. The topological polar surface area (TPSA) is 63.2 Å². The van der Waals surface area contributed by atoms with E-state index < -0.39 is 15.9 Å². The van der Waals surface area contributed by atoms with E-state index in [2.05, 4.69) is 4.72 Å². The molecular weight excluding hydrogens is 238 g/mol. The van der Waals surface area contributed by atoms with Gasteiger partial charge in [-0.25, -0.2) is 13.1 Å². The molecule has 0 saturated heterocycles. The molecule has 0 saturated carbocycles. The van der Waals surface area contributed by atoms with Crippen molar-refractivity contribution in [3.05, 3.63) is 29.3 Å². The van der Waals surface area contributed by atoms with Crippen LogP contribution in [0, 0.1) is 13.8 Å². The van der Waals surface area contributed by atoms with Crippen molar-refractivity contribution < 1.29 is 13.2 Å². The minimum Gasteiger partial charge on any atom is -0.274 e. The summed E-state index contributed by atoms with van der Waals surface area (Å²) in [5.74, 6) is -0.464. The van der Waals surface area contributed by atoms with E-state index in [-0.39, 0.29) is 11.3 Å². The van der Waals surface area contributed by atoms with Gasteiger partial charge in [0.1, 0.15) is 0 Å². The zero-order valence-electron chi connectivity index (χ0n) is 10.3. The second-order valence-electron chi connectivity index (χ2n) is 4.05. The summed E-state index contributed by atoms with van der Waals surface area (Å²) >= 11 is 0. The van der Waals surface area contributed by atoms with E-state index in [1.54, 1.807) is 19.1 Å². The smallest absolute Gasteiger partial charge is 0.264 e. The van der Waals surface area contributed by atoms with Crippen LogP contribution >= 0.6 is 0 Å². The number of carbonyl (C=O) groups is 1. The zero-order valence-corrected chi connectivity index (χ0v) is 11.1. The minimum absolute atomic E-state index is 0.168.